The molecule has 0 saturated carbocycles. The van der Waals surface area contributed by atoms with Gasteiger partial charge in [-0.1, -0.05) is 51.8 Å². The lowest BCUT2D eigenvalue weighted by Crippen LogP contribution is -2.32. The number of nitrogens with one attached hydrogen (secondary N) is 1. The van der Waals surface area contributed by atoms with Crippen LogP contribution >= 0.6 is 27.5 Å². The maximum Gasteiger partial charge on any atom is 0.226 e. The van der Waals surface area contributed by atoms with Crippen LogP contribution in [-0.4, -0.2) is 21.9 Å². The summed E-state index contributed by atoms with van der Waals surface area (Å²) in [7, 11) is 1.67. The molecule has 3 aromatic carbocycles. The van der Waals surface area contributed by atoms with Gasteiger partial charge in [-0.25, -0.2) is 4.68 Å². The quantitative estimate of drug-likeness (QED) is 0.345. The molecule has 8 heteroatoms. The van der Waals surface area contributed by atoms with Crippen LogP contribution in [0, 0.1) is 0 Å². The van der Waals surface area contributed by atoms with E-state index in [-0.39, 0.29) is 6.04 Å². The fraction of sp³-hybridized carbons (Fsp3) is 0.120. The minimum absolute atomic E-state index is 0.252. The number of aromatic nitrogens is 3. The average Bonchev–Trinajstić information content (AvgIpc) is 3.31. The van der Waals surface area contributed by atoms with Crippen molar-refractivity contribution in [1.29, 1.82) is 0 Å². The zero-order valence-electron chi connectivity index (χ0n) is 17.5. The van der Waals surface area contributed by atoms with E-state index in [1.807, 2.05) is 65.3 Å². The summed E-state index contributed by atoms with van der Waals surface area (Å²) in [6.07, 6.45) is 1.14. The monoisotopic (exact) mass is 520 g/mol. The van der Waals surface area contributed by atoms with Crippen molar-refractivity contribution in [1.82, 2.24) is 14.8 Å². The number of halogens is 2. The van der Waals surface area contributed by atoms with E-state index >= 15 is 0 Å². The van der Waals surface area contributed by atoms with Crippen molar-refractivity contribution in [3.8, 4) is 11.5 Å². The number of nitrogens with zero attached hydrogens (tertiary/aromatic N) is 3. The summed E-state index contributed by atoms with van der Waals surface area (Å²) in [6.45, 7) is 0. The molecule has 0 bridgehead atoms. The highest BCUT2D eigenvalue weighted by molar-refractivity contribution is 9.10. The van der Waals surface area contributed by atoms with Crippen LogP contribution in [0.1, 0.15) is 28.8 Å². The third-order valence-electron chi connectivity index (χ3n) is 5.98. The van der Waals surface area contributed by atoms with Gasteiger partial charge < -0.3 is 14.8 Å². The zero-order chi connectivity index (χ0) is 22.5. The molecule has 0 amide bonds. The van der Waals surface area contributed by atoms with Crippen LogP contribution in [0.5, 0.6) is 11.5 Å². The van der Waals surface area contributed by atoms with Crippen molar-refractivity contribution in [3.05, 3.63) is 105 Å². The number of methoxy groups -OCH3 is 1. The van der Waals surface area contributed by atoms with E-state index in [9.17, 15) is 0 Å². The zero-order valence-corrected chi connectivity index (χ0v) is 19.8. The molecule has 4 aromatic rings. The van der Waals surface area contributed by atoms with Crippen molar-refractivity contribution in [2.24, 2.45) is 0 Å². The van der Waals surface area contributed by atoms with Crippen LogP contribution in [0.2, 0.25) is 5.02 Å². The maximum atomic E-state index is 6.67. The SMILES string of the molecule is COc1ccc(Br)cc1[C@H]1Oc2ccccc2C2=C1[C@H](c1ccc(Cl)cc1)n1ncnc1N2. The number of anilines is 1. The summed E-state index contributed by atoms with van der Waals surface area (Å²) in [5.74, 6) is 2.21. The number of rotatable bonds is 3. The summed E-state index contributed by atoms with van der Waals surface area (Å²) in [5.41, 5.74) is 4.90. The molecule has 1 N–H and O–H groups in total. The second-order valence-corrected chi connectivity index (χ2v) is 9.17. The highest BCUT2D eigenvalue weighted by Crippen LogP contribution is 2.52. The first-order valence-electron chi connectivity index (χ1n) is 10.4. The molecule has 0 unspecified atom stereocenters. The van der Waals surface area contributed by atoms with Crippen molar-refractivity contribution in [2.45, 2.75) is 12.1 Å². The normalized spacial score (nSPS) is 18.5. The minimum Gasteiger partial charge on any atom is -0.496 e. The molecule has 2 aliphatic rings. The van der Waals surface area contributed by atoms with Crippen LogP contribution in [0.4, 0.5) is 5.95 Å². The molecule has 3 heterocycles. The predicted molar refractivity (Wildman–Crippen MR) is 131 cm³/mol. The molecule has 0 aliphatic carbocycles. The molecule has 164 valence electrons. The Bertz CT molecular complexity index is 1400. The Morgan fingerprint density at radius 2 is 1.91 bits per heavy atom. The van der Waals surface area contributed by atoms with Gasteiger partial charge in [0.05, 0.1) is 12.8 Å². The molecular formula is C25H18BrClN4O2. The summed E-state index contributed by atoms with van der Waals surface area (Å²) in [4.78, 5) is 4.47. The van der Waals surface area contributed by atoms with Gasteiger partial charge in [0.15, 0.2) is 6.10 Å². The highest BCUT2D eigenvalue weighted by Gasteiger charge is 2.41. The van der Waals surface area contributed by atoms with Gasteiger partial charge in [-0.2, -0.15) is 10.1 Å². The van der Waals surface area contributed by atoms with Gasteiger partial charge in [0.2, 0.25) is 5.95 Å². The van der Waals surface area contributed by atoms with Crippen molar-refractivity contribution in [2.75, 3.05) is 12.4 Å². The van der Waals surface area contributed by atoms with Gasteiger partial charge in [-0.3, -0.25) is 0 Å². The summed E-state index contributed by atoms with van der Waals surface area (Å²) in [5, 5.41) is 8.74. The first-order chi connectivity index (χ1) is 16.1. The largest absolute Gasteiger partial charge is 0.496 e. The van der Waals surface area contributed by atoms with Gasteiger partial charge >= 0.3 is 0 Å². The van der Waals surface area contributed by atoms with Crippen molar-refractivity contribution >= 4 is 39.2 Å². The Morgan fingerprint density at radius 1 is 1.09 bits per heavy atom. The molecule has 0 saturated heterocycles. The molecule has 2 aliphatic heterocycles. The van der Waals surface area contributed by atoms with E-state index in [0.29, 0.717) is 11.0 Å². The summed E-state index contributed by atoms with van der Waals surface area (Å²) < 4.78 is 15.2. The smallest absolute Gasteiger partial charge is 0.226 e. The van der Waals surface area contributed by atoms with Gasteiger partial charge in [0, 0.05) is 26.2 Å². The van der Waals surface area contributed by atoms with Gasteiger partial charge in [0.1, 0.15) is 23.9 Å². The average molecular weight is 522 g/mol. The van der Waals surface area contributed by atoms with E-state index in [1.54, 1.807) is 13.4 Å². The number of hydrogen-bond donors (Lipinski definition) is 1. The fourth-order valence-electron chi connectivity index (χ4n) is 4.55. The first kappa shape index (κ1) is 20.3. The molecule has 0 radical (unpaired) electrons. The van der Waals surface area contributed by atoms with Crippen LogP contribution < -0.4 is 14.8 Å². The van der Waals surface area contributed by atoms with Crippen molar-refractivity contribution in [3.63, 3.8) is 0 Å². The molecule has 6 rings (SSSR count). The number of ether oxygens (including phenoxy) is 2. The predicted octanol–water partition coefficient (Wildman–Crippen LogP) is 6.26. The summed E-state index contributed by atoms with van der Waals surface area (Å²) in [6, 6.07) is 21.5. The molecule has 2 atom stereocenters. The third-order valence-corrected chi connectivity index (χ3v) is 6.73. The lowest BCUT2D eigenvalue weighted by molar-refractivity contribution is 0.217. The topological polar surface area (TPSA) is 61.2 Å². The fourth-order valence-corrected chi connectivity index (χ4v) is 5.06. The van der Waals surface area contributed by atoms with Crippen molar-refractivity contribution < 1.29 is 9.47 Å². The molecular weight excluding hydrogens is 504 g/mol. The van der Waals surface area contributed by atoms with E-state index in [2.05, 4.69) is 37.4 Å². The Kier molecular flexibility index (Phi) is 4.89. The minimum atomic E-state index is -0.423. The maximum absolute atomic E-state index is 6.67. The Balaban J connectivity index is 1.65. The van der Waals surface area contributed by atoms with Crippen LogP contribution in [0.3, 0.4) is 0 Å². The number of benzene rings is 3. The lowest BCUT2D eigenvalue weighted by atomic mass is 9.84. The summed E-state index contributed by atoms with van der Waals surface area (Å²) >= 11 is 9.82. The third kappa shape index (κ3) is 3.31. The number of hydrogen-bond acceptors (Lipinski definition) is 5. The van der Waals surface area contributed by atoms with Crippen LogP contribution in [0.25, 0.3) is 5.70 Å². The van der Waals surface area contributed by atoms with Crippen LogP contribution in [-0.2, 0) is 0 Å². The van der Waals surface area contributed by atoms with Gasteiger partial charge in [-0.15, -0.1) is 0 Å². The molecule has 0 spiro atoms. The Hall–Kier alpha value is -3.29. The second kappa shape index (κ2) is 7.93. The molecule has 0 fully saturated rings. The number of para-hydroxylation sites is 1. The van der Waals surface area contributed by atoms with Gasteiger partial charge in [0.25, 0.3) is 0 Å². The van der Waals surface area contributed by atoms with E-state index in [4.69, 9.17) is 21.1 Å². The van der Waals surface area contributed by atoms with Crippen LogP contribution in [0.15, 0.2) is 83.1 Å². The first-order valence-corrected chi connectivity index (χ1v) is 11.6. The molecule has 33 heavy (non-hydrogen) atoms. The number of fused-ring (bicyclic) bond motifs is 3. The van der Waals surface area contributed by atoms with E-state index < -0.39 is 6.10 Å². The highest BCUT2D eigenvalue weighted by atomic mass is 79.9. The van der Waals surface area contributed by atoms with E-state index in [0.717, 1.165) is 43.9 Å². The Labute approximate surface area is 204 Å². The second-order valence-electron chi connectivity index (χ2n) is 7.82. The lowest BCUT2D eigenvalue weighted by Gasteiger charge is -2.39. The molecule has 1 aromatic heterocycles. The van der Waals surface area contributed by atoms with Gasteiger partial charge in [-0.05, 0) is 48.0 Å². The standard InChI is InChI=1S/C25H18BrClN4O2/c1-32-19-11-8-15(26)12-18(19)24-21-22(17-4-2-3-5-20(17)33-24)30-25-28-13-29-31(25)23(21)14-6-9-16(27)10-7-14/h2-13,23-24H,1H3,(H,28,29,30)/t23-,24+/m0/s1. The molecule has 6 nitrogen and oxygen atoms in total. The van der Waals surface area contributed by atoms with E-state index in [1.165, 1.54) is 0 Å². The Morgan fingerprint density at radius 3 is 2.73 bits per heavy atom.